The molecule has 0 radical (unpaired) electrons. The average molecular weight is 284 g/mol. The minimum absolute atomic E-state index is 0.0301. The fraction of sp³-hybridized carbons (Fsp3) is 0.571. The Morgan fingerprint density at radius 2 is 2.16 bits per heavy atom. The van der Waals surface area contributed by atoms with Crippen LogP contribution >= 0.6 is 11.6 Å². The molecule has 3 N–H and O–H groups in total. The van der Waals surface area contributed by atoms with E-state index in [0.29, 0.717) is 35.8 Å². The summed E-state index contributed by atoms with van der Waals surface area (Å²) in [4.78, 5) is 15.9. The van der Waals surface area contributed by atoms with E-state index >= 15 is 0 Å². The molecule has 1 heterocycles. The van der Waals surface area contributed by atoms with Crippen LogP contribution in [-0.2, 0) is 4.79 Å². The standard InChI is InChI=1S/C14H22ClN3O/c1-10(2)11(8-9-16)6-7-14(19)18-13-5-3-4-12(15)17-13/h3-5,10-11H,6-9,16H2,1-2H3,(H,17,18,19). The van der Waals surface area contributed by atoms with Crippen molar-refractivity contribution >= 4 is 23.3 Å². The molecule has 1 rings (SSSR count). The summed E-state index contributed by atoms with van der Waals surface area (Å²) in [6.07, 6.45) is 2.29. The number of nitrogens with one attached hydrogen (secondary N) is 1. The summed E-state index contributed by atoms with van der Waals surface area (Å²) in [6.45, 7) is 4.99. The van der Waals surface area contributed by atoms with Gasteiger partial charge in [0.05, 0.1) is 0 Å². The second-order valence-corrected chi connectivity index (χ2v) is 5.40. The van der Waals surface area contributed by atoms with Crippen molar-refractivity contribution < 1.29 is 4.79 Å². The van der Waals surface area contributed by atoms with Crippen molar-refractivity contribution in [1.82, 2.24) is 4.98 Å². The van der Waals surface area contributed by atoms with E-state index in [1.165, 1.54) is 0 Å². The number of rotatable bonds is 7. The third-order valence-corrected chi connectivity index (χ3v) is 3.42. The molecule has 1 aromatic heterocycles. The second-order valence-electron chi connectivity index (χ2n) is 5.01. The van der Waals surface area contributed by atoms with Crippen molar-refractivity contribution in [2.45, 2.75) is 33.1 Å². The molecule has 4 nitrogen and oxygen atoms in total. The van der Waals surface area contributed by atoms with Crippen LogP contribution in [0.4, 0.5) is 5.82 Å². The number of nitrogens with zero attached hydrogens (tertiary/aromatic N) is 1. The highest BCUT2D eigenvalue weighted by Crippen LogP contribution is 2.20. The number of amides is 1. The lowest BCUT2D eigenvalue weighted by Gasteiger charge is -2.19. The summed E-state index contributed by atoms with van der Waals surface area (Å²) in [5.74, 6) is 1.50. The topological polar surface area (TPSA) is 68.0 Å². The molecule has 1 aromatic rings. The molecule has 0 aromatic carbocycles. The van der Waals surface area contributed by atoms with Gasteiger partial charge in [0, 0.05) is 6.42 Å². The molecule has 0 bridgehead atoms. The number of aromatic nitrogens is 1. The zero-order valence-corrected chi connectivity index (χ0v) is 12.3. The number of pyridine rings is 1. The lowest BCUT2D eigenvalue weighted by molar-refractivity contribution is -0.116. The average Bonchev–Trinajstić information content (AvgIpc) is 2.34. The third-order valence-electron chi connectivity index (χ3n) is 3.21. The minimum atomic E-state index is -0.0301. The van der Waals surface area contributed by atoms with Gasteiger partial charge < -0.3 is 11.1 Å². The smallest absolute Gasteiger partial charge is 0.225 e. The van der Waals surface area contributed by atoms with Crippen molar-refractivity contribution in [3.05, 3.63) is 23.4 Å². The molecule has 1 unspecified atom stereocenters. The van der Waals surface area contributed by atoms with E-state index in [-0.39, 0.29) is 5.91 Å². The highest BCUT2D eigenvalue weighted by molar-refractivity contribution is 6.29. The van der Waals surface area contributed by atoms with Crippen molar-refractivity contribution in [1.29, 1.82) is 0 Å². The van der Waals surface area contributed by atoms with Crippen molar-refractivity contribution in [2.75, 3.05) is 11.9 Å². The largest absolute Gasteiger partial charge is 0.330 e. The van der Waals surface area contributed by atoms with Gasteiger partial charge in [0.25, 0.3) is 0 Å². The highest BCUT2D eigenvalue weighted by Gasteiger charge is 2.14. The Bertz CT molecular complexity index is 409. The first kappa shape index (κ1) is 15.9. The summed E-state index contributed by atoms with van der Waals surface area (Å²) in [5, 5.41) is 3.13. The van der Waals surface area contributed by atoms with Crippen molar-refractivity contribution in [3.63, 3.8) is 0 Å². The number of halogens is 1. The predicted octanol–water partition coefficient (Wildman–Crippen LogP) is 3.07. The summed E-state index contributed by atoms with van der Waals surface area (Å²) in [7, 11) is 0. The van der Waals surface area contributed by atoms with Crippen LogP contribution in [0.2, 0.25) is 5.15 Å². The van der Waals surface area contributed by atoms with Crippen LogP contribution in [0.5, 0.6) is 0 Å². The Balaban J connectivity index is 2.42. The summed E-state index contributed by atoms with van der Waals surface area (Å²) < 4.78 is 0. The van der Waals surface area contributed by atoms with Gasteiger partial charge in [-0.2, -0.15) is 0 Å². The molecule has 0 saturated heterocycles. The molecule has 0 saturated carbocycles. The van der Waals surface area contributed by atoms with Crippen molar-refractivity contribution in [2.24, 2.45) is 17.6 Å². The normalized spacial score (nSPS) is 12.5. The van der Waals surface area contributed by atoms with Gasteiger partial charge in [0.15, 0.2) is 0 Å². The molecule has 19 heavy (non-hydrogen) atoms. The first-order valence-electron chi connectivity index (χ1n) is 6.65. The van der Waals surface area contributed by atoms with Crippen LogP contribution in [0.3, 0.4) is 0 Å². The Kier molecular flexibility index (Phi) is 6.81. The lowest BCUT2D eigenvalue weighted by Crippen LogP contribution is -2.18. The number of hydrogen-bond acceptors (Lipinski definition) is 3. The first-order chi connectivity index (χ1) is 9.02. The van der Waals surface area contributed by atoms with Crippen LogP contribution in [0.25, 0.3) is 0 Å². The second kappa shape index (κ2) is 8.12. The van der Waals surface area contributed by atoms with E-state index in [4.69, 9.17) is 17.3 Å². The molecule has 1 amide bonds. The Morgan fingerprint density at radius 3 is 2.74 bits per heavy atom. The van der Waals surface area contributed by atoms with Gasteiger partial charge in [-0.05, 0) is 43.4 Å². The van der Waals surface area contributed by atoms with Crippen molar-refractivity contribution in [3.8, 4) is 0 Å². The molecule has 0 spiro atoms. The van der Waals surface area contributed by atoms with Crippen LogP contribution in [0.1, 0.15) is 33.1 Å². The van der Waals surface area contributed by atoms with Gasteiger partial charge in [-0.1, -0.05) is 31.5 Å². The van der Waals surface area contributed by atoms with E-state index in [0.717, 1.165) is 12.8 Å². The summed E-state index contributed by atoms with van der Waals surface area (Å²) >= 11 is 5.76. The molecule has 106 valence electrons. The van der Waals surface area contributed by atoms with Gasteiger partial charge in [0.2, 0.25) is 5.91 Å². The fourth-order valence-corrected chi connectivity index (χ4v) is 2.19. The van der Waals surface area contributed by atoms with Gasteiger partial charge in [-0.15, -0.1) is 0 Å². The van der Waals surface area contributed by atoms with Gasteiger partial charge in [-0.3, -0.25) is 4.79 Å². The van der Waals surface area contributed by atoms with Crippen LogP contribution in [-0.4, -0.2) is 17.4 Å². The molecule has 1 atom stereocenters. The van der Waals surface area contributed by atoms with Crippen LogP contribution < -0.4 is 11.1 Å². The highest BCUT2D eigenvalue weighted by atomic mass is 35.5. The van der Waals surface area contributed by atoms with Gasteiger partial charge in [0.1, 0.15) is 11.0 Å². The Labute approximate surface area is 119 Å². The van der Waals surface area contributed by atoms with E-state index in [1.807, 2.05) is 0 Å². The molecule has 0 aliphatic heterocycles. The molecule has 0 aliphatic rings. The Morgan fingerprint density at radius 1 is 1.42 bits per heavy atom. The maximum atomic E-state index is 11.8. The number of hydrogen-bond donors (Lipinski definition) is 2. The summed E-state index contributed by atoms with van der Waals surface area (Å²) in [5.41, 5.74) is 5.59. The van der Waals surface area contributed by atoms with Gasteiger partial charge in [-0.25, -0.2) is 4.98 Å². The number of nitrogens with two attached hydrogens (primary N) is 1. The molecule has 0 fully saturated rings. The lowest BCUT2D eigenvalue weighted by atomic mass is 9.88. The molecule has 0 aliphatic carbocycles. The van der Waals surface area contributed by atoms with E-state index in [1.54, 1.807) is 18.2 Å². The number of carbonyl (C=O) groups is 1. The molecule has 5 heteroatoms. The third kappa shape index (κ3) is 6.03. The zero-order valence-electron chi connectivity index (χ0n) is 11.5. The summed E-state index contributed by atoms with van der Waals surface area (Å²) in [6, 6.07) is 5.16. The van der Waals surface area contributed by atoms with Crippen LogP contribution in [0, 0.1) is 11.8 Å². The fourth-order valence-electron chi connectivity index (χ4n) is 2.02. The molecular weight excluding hydrogens is 262 g/mol. The first-order valence-corrected chi connectivity index (χ1v) is 7.03. The van der Waals surface area contributed by atoms with E-state index in [9.17, 15) is 4.79 Å². The maximum Gasteiger partial charge on any atom is 0.225 e. The SMILES string of the molecule is CC(C)C(CCN)CCC(=O)Nc1cccc(Cl)n1. The number of carbonyl (C=O) groups excluding carboxylic acids is 1. The zero-order chi connectivity index (χ0) is 14.3. The predicted molar refractivity (Wildman–Crippen MR) is 79.1 cm³/mol. The molecular formula is C14H22ClN3O. The minimum Gasteiger partial charge on any atom is -0.330 e. The number of anilines is 1. The van der Waals surface area contributed by atoms with E-state index in [2.05, 4.69) is 24.1 Å². The Hall–Kier alpha value is -1.13. The van der Waals surface area contributed by atoms with E-state index < -0.39 is 0 Å². The monoisotopic (exact) mass is 283 g/mol. The quantitative estimate of drug-likeness (QED) is 0.756. The maximum absolute atomic E-state index is 11.8. The van der Waals surface area contributed by atoms with Crippen LogP contribution in [0.15, 0.2) is 18.2 Å². The van der Waals surface area contributed by atoms with Gasteiger partial charge >= 0.3 is 0 Å².